The van der Waals surface area contributed by atoms with Gasteiger partial charge in [0.2, 0.25) is 0 Å². The SMILES string of the molecule is CCC(CCO)CNCCS(=O)(=O)CC. The van der Waals surface area contributed by atoms with Crippen molar-refractivity contribution >= 4 is 9.84 Å². The zero-order chi connectivity index (χ0) is 11.7. The second kappa shape index (κ2) is 8.07. The van der Waals surface area contributed by atoms with E-state index in [-0.39, 0.29) is 18.1 Å². The van der Waals surface area contributed by atoms with Crippen molar-refractivity contribution in [2.24, 2.45) is 5.92 Å². The lowest BCUT2D eigenvalue weighted by Gasteiger charge is -2.13. The fourth-order valence-corrected chi connectivity index (χ4v) is 2.06. The van der Waals surface area contributed by atoms with Crippen molar-refractivity contribution in [1.29, 1.82) is 0 Å². The van der Waals surface area contributed by atoms with Crippen LogP contribution in [-0.4, -0.2) is 44.7 Å². The van der Waals surface area contributed by atoms with Gasteiger partial charge in [0.15, 0.2) is 9.84 Å². The molecule has 0 aromatic rings. The summed E-state index contributed by atoms with van der Waals surface area (Å²) in [6.45, 7) is 5.24. The Bertz CT molecular complexity index is 239. The molecule has 0 bridgehead atoms. The summed E-state index contributed by atoms with van der Waals surface area (Å²) < 4.78 is 22.3. The molecule has 0 aromatic heterocycles. The summed E-state index contributed by atoms with van der Waals surface area (Å²) in [6.07, 6.45) is 1.79. The molecule has 4 nitrogen and oxygen atoms in total. The topological polar surface area (TPSA) is 66.4 Å². The van der Waals surface area contributed by atoms with Crippen molar-refractivity contribution in [3.63, 3.8) is 0 Å². The molecule has 0 radical (unpaired) electrons. The molecule has 2 N–H and O–H groups in total. The minimum absolute atomic E-state index is 0.202. The second-order valence-corrected chi connectivity index (χ2v) is 6.20. The highest BCUT2D eigenvalue weighted by molar-refractivity contribution is 7.91. The van der Waals surface area contributed by atoms with Gasteiger partial charge in [-0.2, -0.15) is 0 Å². The van der Waals surface area contributed by atoms with E-state index in [1.807, 2.05) is 0 Å². The molecule has 0 saturated heterocycles. The van der Waals surface area contributed by atoms with Gasteiger partial charge in [0.25, 0.3) is 0 Å². The van der Waals surface area contributed by atoms with Gasteiger partial charge in [-0.3, -0.25) is 0 Å². The molecular weight excluding hydrogens is 214 g/mol. The van der Waals surface area contributed by atoms with Crippen LogP contribution in [0.15, 0.2) is 0 Å². The van der Waals surface area contributed by atoms with Crippen LogP contribution in [0.2, 0.25) is 0 Å². The third-order valence-electron chi connectivity index (χ3n) is 2.58. The molecular formula is C10H23NO3S. The fraction of sp³-hybridized carbons (Fsp3) is 1.00. The Morgan fingerprint density at radius 2 is 2.00 bits per heavy atom. The predicted octanol–water partition coefficient (Wildman–Crippen LogP) is 0.419. The normalized spacial score (nSPS) is 14.1. The first-order valence-electron chi connectivity index (χ1n) is 5.57. The van der Waals surface area contributed by atoms with Crippen LogP contribution in [-0.2, 0) is 9.84 Å². The van der Waals surface area contributed by atoms with Crippen LogP contribution in [0.5, 0.6) is 0 Å². The summed E-state index contributed by atoms with van der Waals surface area (Å²) in [6, 6.07) is 0. The smallest absolute Gasteiger partial charge is 0.151 e. The van der Waals surface area contributed by atoms with Gasteiger partial charge < -0.3 is 10.4 Å². The molecule has 0 rings (SSSR count). The van der Waals surface area contributed by atoms with Crippen molar-refractivity contribution in [1.82, 2.24) is 5.32 Å². The van der Waals surface area contributed by atoms with Crippen molar-refractivity contribution < 1.29 is 13.5 Å². The fourth-order valence-electron chi connectivity index (χ4n) is 1.31. The van der Waals surface area contributed by atoms with Crippen LogP contribution in [0.1, 0.15) is 26.7 Å². The van der Waals surface area contributed by atoms with E-state index in [0.29, 0.717) is 12.5 Å². The molecule has 0 aliphatic rings. The Labute approximate surface area is 93.0 Å². The van der Waals surface area contributed by atoms with Crippen molar-refractivity contribution in [3.8, 4) is 0 Å². The van der Waals surface area contributed by atoms with Crippen LogP contribution in [0.25, 0.3) is 0 Å². The number of aliphatic hydroxyl groups is 1. The van der Waals surface area contributed by atoms with Gasteiger partial charge in [0.05, 0.1) is 5.75 Å². The molecule has 1 atom stereocenters. The van der Waals surface area contributed by atoms with Gasteiger partial charge in [-0.25, -0.2) is 8.42 Å². The van der Waals surface area contributed by atoms with Gasteiger partial charge in [-0.1, -0.05) is 20.3 Å². The first kappa shape index (κ1) is 14.9. The van der Waals surface area contributed by atoms with E-state index in [1.54, 1.807) is 6.92 Å². The molecule has 0 heterocycles. The van der Waals surface area contributed by atoms with Gasteiger partial charge in [-0.15, -0.1) is 0 Å². The van der Waals surface area contributed by atoms with Crippen molar-refractivity contribution in [3.05, 3.63) is 0 Å². The average Bonchev–Trinajstić information content (AvgIpc) is 2.22. The van der Waals surface area contributed by atoms with Crippen molar-refractivity contribution in [2.75, 3.05) is 31.2 Å². The number of rotatable bonds is 9. The van der Waals surface area contributed by atoms with Crippen LogP contribution in [0.3, 0.4) is 0 Å². The van der Waals surface area contributed by atoms with E-state index in [9.17, 15) is 8.42 Å². The Morgan fingerprint density at radius 3 is 2.47 bits per heavy atom. The maximum Gasteiger partial charge on any atom is 0.151 e. The highest BCUT2D eigenvalue weighted by Gasteiger charge is 2.08. The minimum atomic E-state index is -2.85. The zero-order valence-electron chi connectivity index (χ0n) is 9.70. The lowest BCUT2D eigenvalue weighted by molar-refractivity contribution is 0.252. The van der Waals surface area contributed by atoms with E-state index in [0.717, 1.165) is 19.4 Å². The lowest BCUT2D eigenvalue weighted by atomic mass is 10.0. The van der Waals surface area contributed by atoms with Gasteiger partial charge in [0.1, 0.15) is 0 Å². The minimum Gasteiger partial charge on any atom is -0.396 e. The van der Waals surface area contributed by atoms with Crippen LogP contribution >= 0.6 is 0 Å². The second-order valence-electron chi connectivity index (χ2n) is 3.73. The summed E-state index contributed by atoms with van der Waals surface area (Å²) in [4.78, 5) is 0. The highest BCUT2D eigenvalue weighted by Crippen LogP contribution is 2.05. The summed E-state index contributed by atoms with van der Waals surface area (Å²) in [5.41, 5.74) is 0. The van der Waals surface area contributed by atoms with Gasteiger partial charge >= 0.3 is 0 Å². The molecule has 0 aliphatic carbocycles. The Balaban J connectivity index is 3.61. The van der Waals surface area contributed by atoms with Gasteiger partial charge in [-0.05, 0) is 18.9 Å². The lowest BCUT2D eigenvalue weighted by Crippen LogP contribution is -2.28. The van der Waals surface area contributed by atoms with Crippen LogP contribution in [0, 0.1) is 5.92 Å². The first-order chi connectivity index (χ1) is 7.05. The maximum atomic E-state index is 11.2. The predicted molar refractivity (Wildman–Crippen MR) is 62.7 cm³/mol. The van der Waals surface area contributed by atoms with Crippen LogP contribution < -0.4 is 5.32 Å². The number of hydrogen-bond acceptors (Lipinski definition) is 4. The zero-order valence-corrected chi connectivity index (χ0v) is 10.5. The molecule has 0 fully saturated rings. The maximum absolute atomic E-state index is 11.2. The standard InChI is InChI=1S/C10H23NO3S/c1-3-10(5-7-12)9-11-6-8-15(13,14)4-2/h10-12H,3-9H2,1-2H3. The average molecular weight is 237 g/mol. The van der Waals surface area contributed by atoms with E-state index in [2.05, 4.69) is 12.2 Å². The summed E-state index contributed by atoms with van der Waals surface area (Å²) in [7, 11) is -2.85. The quantitative estimate of drug-likeness (QED) is 0.570. The molecule has 0 spiro atoms. The van der Waals surface area contributed by atoms with E-state index < -0.39 is 9.84 Å². The molecule has 0 saturated carbocycles. The third kappa shape index (κ3) is 7.76. The summed E-state index contributed by atoms with van der Waals surface area (Å²) in [5.74, 6) is 0.862. The number of nitrogens with one attached hydrogen (secondary N) is 1. The molecule has 15 heavy (non-hydrogen) atoms. The van der Waals surface area contributed by atoms with E-state index in [1.165, 1.54) is 0 Å². The van der Waals surface area contributed by atoms with E-state index >= 15 is 0 Å². The molecule has 92 valence electrons. The number of aliphatic hydroxyl groups excluding tert-OH is 1. The summed E-state index contributed by atoms with van der Waals surface area (Å²) >= 11 is 0. The molecule has 0 aliphatic heterocycles. The van der Waals surface area contributed by atoms with E-state index in [4.69, 9.17) is 5.11 Å². The Hall–Kier alpha value is -0.130. The molecule has 0 amide bonds. The van der Waals surface area contributed by atoms with Gasteiger partial charge in [0, 0.05) is 18.9 Å². The van der Waals surface area contributed by atoms with Crippen LogP contribution in [0.4, 0.5) is 0 Å². The largest absolute Gasteiger partial charge is 0.396 e. The highest BCUT2D eigenvalue weighted by atomic mass is 32.2. The molecule has 5 heteroatoms. The monoisotopic (exact) mass is 237 g/mol. The molecule has 1 unspecified atom stereocenters. The Morgan fingerprint density at radius 1 is 1.33 bits per heavy atom. The first-order valence-corrected chi connectivity index (χ1v) is 7.39. The van der Waals surface area contributed by atoms with Crippen molar-refractivity contribution in [2.45, 2.75) is 26.7 Å². The third-order valence-corrected chi connectivity index (χ3v) is 4.28. The summed E-state index contributed by atoms with van der Waals surface area (Å²) in [5, 5.41) is 11.9. The Kier molecular flexibility index (Phi) is 8.00. The number of hydrogen-bond donors (Lipinski definition) is 2. The molecule has 0 aromatic carbocycles. The number of sulfone groups is 1.